The molecule has 0 aliphatic rings. The fraction of sp³-hybridized carbons (Fsp3) is 0.440. The molecular weight excluding hydrogens is 484 g/mol. The van der Waals surface area contributed by atoms with E-state index in [-0.39, 0.29) is 5.91 Å². The average molecular weight is 517 g/mol. The number of aryl methyl sites for hydroxylation is 1. The number of benzene rings is 1. The van der Waals surface area contributed by atoms with Crippen molar-refractivity contribution >= 4 is 45.9 Å². The molecule has 0 fully saturated rings. The molecule has 0 atom stereocenters. The number of nitrogens with one attached hydrogen (secondary N) is 2. The van der Waals surface area contributed by atoms with Gasteiger partial charge >= 0.3 is 6.09 Å². The van der Waals surface area contributed by atoms with Crippen LogP contribution in [0.3, 0.4) is 0 Å². The van der Waals surface area contributed by atoms with Gasteiger partial charge in [0.2, 0.25) is 11.8 Å². The Morgan fingerprint density at radius 1 is 1.11 bits per heavy atom. The molecule has 1 aromatic carbocycles. The monoisotopic (exact) mass is 516 g/mol. The summed E-state index contributed by atoms with van der Waals surface area (Å²) < 4.78 is 12.0. The van der Waals surface area contributed by atoms with E-state index in [4.69, 9.17) is 9.15 Å². The highest BCUT2D eigenvalue weighted by molar-refractivity contribution is 8.00. The van der Waals surface area contributed by atoms with Gasteiger partial charge in [-0.2, -0.15) is 0 Å². The number of thiazole rings is 1. The van der Waals surface area contributed by atoms with Crippen molar-refractivity contribution in [3.63, 3.8) is 0 Å². The number of anilines is 2. The van der Waals surface area contributed by atoms with Crippen molar-refractivity contribution in [2.45, 2.75) is 75.4 Å². The van der Waals surface area contributed by atoms with Crippen molar-refractivity contribution in [1.82, 2.24) is 9.97 Å². The lowest BCUT2D eigenvalue weighted by Crippen LogP contribution is -2.27. The minimum atomic E-state index is -0.543. The molecule has 3 rings (SSSR count). The first kappa shape index (κ1) is 26.7. The molecule has 3 aromatic rings. The van der Waals surface area contributed by atoms with Crippen LogP contribution in [-0.2, 0) is 21.7 Å². The SMILES string of the molecule is CC(C)c1cnc(CSc2cnc(NC(=O)CCCc3ccc(NC(=O)OC(C)(C)C)cc3)s2)o1. The second-order valence-electron chi connectivity index (χ2n) is 9.31. The van der Waals surface area contributed by atoms with Gasteiger partial charge < -0.3 is 14.5 Å². The minimum Gasteiger partial charge on any atom is -0.445 e. The first-order valence-corrected chi connectivity index (χ1v) is 13.3. The molecule has 2 heterocycles. The van der Waals surface area contributed by atoms with Gasteiger partial charge in [0.1, 0.15) is 11.4 Å². The molecule has 10 heteroatoms. The highest BCUT2D eigenvalue weighted by Gasteiger charge is 2.16. The van der Waals surface area contributed by atoms with Crippen LogP contribution in [0.15, 0.2) is 45.3 Å². The van der Waals surface area contributed by atoms with Crippen molar-refractivity contribution < 1.29 is 18.7 Å². The summed E-state index contributed by atoms with van der Waals surface area (Å²) in [5.74, 6) is 2.44. The number of thioether (sulfide) groups is 1. The van der Waals surface area contributed by atoms with Gasteiger partial charge in [0.25, 0.3) is 0 Å². The van der Waals surface area contributed by atoms with Crippen molar-refractivity contribution in [2.75, 3.05) is 10.6 Å². The Hall–Kier alpha value is -2.85. The van der Waals surface area contributed by atoms with Gasteiger partial charge in [0, 0.05) is 18.0 Å². The largest absolute Gasteiger partial charge is 0.445 e. The molecule has 8 nitrogen and oxygen atoms in total. The van der Waals surface area contributed by atoms with Crippen LogP contribution in [0, 0.1) is 0 Å². The lowest BCUT2D eigenvalue weighted by molar-refractivity contribution is -0.116. The number of nitrogens with zero attached hydrogens (tertiary/aromatic N) is 2. The molecule has 0 saturated carbocycles. The van der Waals surface area contributed by atoms with Gasteiger partial charge in [0.05, 0.1) is 22.4 Å². The number of oxazole rings is 1. The molecule has 2 N–H and O–H groups in total. The predicted molar refractivity (Wildman–Crippen MR) is 140 cm³/mol. The van der Waals surface area contributed by atoms with Crippen LogP contribution in [0.1, 0.15) is 70.6 Å². The summed E-state index contributed by atoms with van der Waals surface area (Å²) in [5, 5.41) is 6.17. The molecule has 0 unspecified atom stereocenters. The number of hydrogen-bond donors (Lipinski definition) is 2. The van der Waals surface area contributed by atoms with Gasteiger partial charge in [-0.05, 0) is 51.3 Å². The number of aromatic nitrogens is 2. The maximum Gasteiger partial charge on any atom is 0.412 e. The second-order valence-corrected chi connectivity index (χ2v) is 11.6. The quantitative estimate of drug-likeness (QED) is 0.284. The lowest BCUT2D eigenvalue weighted by Gasteiger charge is -2.19. The number of rotatable bonds is 10. The number of hydrogen-bond acceptors (Lipinski definition) is 8. The molecule has 2 aromatic heterocycles. The average Bonchev–Trinajstić information content (AvgIpc) is 3.42. The van der Waals surface area contributed by atoms with Gasteiger partial charge in [-0.1, -0.05) is 37.3 Å². The summed E-state index contributed by atoms with van der Waals surface area (Å²) in [4.78, 5) is 32.7. The molecule has 0 aliphatic carbocycles. The van der Waals surface area contributed by atoms with Crippen molar-refractivity contribution in [3.8, 4) is 0 Å². The summed E-state index contributed by atoms with van der Waals surface area (Å²) >= 11 is 3.02. The van der Waals surface area contributed by atoms with E-state index in [1.807, 2.05) is 45.0 Å². The Morgan fingerprint density at radius 3 is 2.51 bits per heavy atom. The van der Waals surface area contributed by atoms with Crippen LogP contribution in [0.4, 0.5) is 15.6 Å². The van der Waals surface area contributed by atoms with Crippen LogP contribution >= 0.6 is 23.1 Å². The Balaban J connectivity index is 1.36. The maximum absolute atomic E-state index is 12.3. The van der Waals surface area contributed by atoms with E-state index >= 15 is 0 Å². The Kier molecular flexibility index (Phi) is 9.33. The van der Waals surface area contributed by atoms with E-state index in [0.29, 0.717) is 41.2 Å². The van der Waals surface area contributed by atoms with E-state index in [0.717, 1.165) is 22.0 Å². The fourth-order valence-corrected chi connectivity index (χ4v) is 4.73. The van der Waals surface area contributed by atoms with Gasteiger partial charge in [-0.15, -0.1) is 11.8 Å². The van der Waals surface area contributed by atoms with Gasteiger partial charge in [-0.3, -0.25) is 10.1 Å². The molecule has 0 radical (unpaired) electrons. The number of carbonyl (C=O) groups excluding carboxylic acids is 2. The van der Waals surface area contributed by atoms with Crippen LogP contribution < -0.4 is 10.6 Å². The third kappa shape index (κ3) is 9.37. The summed E-state index contributed by atoms with van der Waals surface area (Å²) in [6.07, 6.45) is 4.91. The maximum atomic E-state index is 12.3. The second kappa shape index (κ2) is 12.2. The minimum absolute atomic E-state index is 0.0617. The summed E-state index contributed by atoms with van der Waals surface area (Å²) in [6, 6.07) is 7.53. The van der Waals surface area contributed by atoms with Crippen LogP contribution in [0.5, 0.6) is 0 Å². The fourth-order valence-electron chi connectivity index (χ4n) is 2.99. The first-order chi connectivity index (χ1) is 16.6. The first-order valence-electron chi connectivity index (χ1n) is 11.5. The molecule has 35 heavy (non-hydrogen) atoms. The van der Waals surface area contributed by atoms with Crippen molar-refractivity contribution in [3.05, 3.63) is 53.9 Å². The van der Waals surface area contributed by atoms with Gasteiger partial charge in [-0.25, -0.2) is 14.8 Å². The molecule has 0 aliphatic heterocycles. The van der Waals surface area contributed by atoms with Crippen LogP contribution in [0.25, 0.3) is 0 Å². The van der Waals surface area contributed by atoms with E-state index in [1.54, 1.807) is 24.2 Å². The van der Waals surface area contributed by atoms with E-state index in [2.05, 4.69) is 34.4 Å². The van der Waals surface area contributed by atoms with Crippen molar-refractivity contribution in [1.29, 1.82) is 0 Å². The Labute approximate surface area is 214 Å². The summed E-state index contributed by atoms with van der Waals surface area (Å²) in [7, 11) is 0. The Bertz CT molecular complexity index is 1120. The normalized spacial score (nSPS) is 11.5. The highest BCUT2D eigenvalue weighted by Crippen LogP contribution is 2.31. The van der Waals surface area contributed by atoms with Crippen LogP contribution in [-0.4, -0.2) is 27.6 Å². The topological polar surface area (TPSA) is 106 Å². The van der Waals surface area contributed by atoms with Gasteiger partial charge in [0.15, 0.2) is 5.13 Å². The smallest absolute Gasteiger partial charge is 0.412 e. The molecule has 0 bridgehead atoms. The number of carbonyl (C=O) groups is 2. The zero-order valence-electron chi connectivity index (χ0n) is 20.7. The third-order valence-corrected chi connectivity index (χ3v) is 6.77. The number of amides is 2. The third-order valence-electron chi connectivity index (χ3n) is 4.68. The predicted octanol–water partition coefficient (Wildman–Crippen LogP) is 6.86. The van der Waals surface area contributed by atoms with E-state index < -0.39 is 11.7 Å². The standard InChI is InChI=1S/C25H32N4O4S2/c1-16(2)19-13-26-21(32-19)15-34-22-14-27-23(35-22)29-20(30)8-6-7-17-9-11-18(12-10-17)28-24(31)33-25(3,4)5/h9-14,16H,6-8,15H2,1-5H3,(H,28,31)(H,27,29,30). The lowest BCUT2D eigenvalue weighted by atomic mass is 10.1. The van der Waals surface area contributed by atoms with Crippen molar-refractivity contribution in [2.24, 2.45) is 0 Å². The van der Waals surface area contributed by atoms with E-state index in [9.17, 15) is 9.59 Å². The molecular formula is C25H32N4O4S2. The molecule has 0 spiro atoms. The zero-order valence-corrected chi connectivity index (χ0v) is 22.3. The molecule has 188 valence electrons. The van der Waals surface area contributed by atoms with Crippen LogP contribution in [0.2, 0.25) is 0 Å². The molecule has 2 amide bonds. The zero-order chi connectivity index (χ0) is 25.4. The highest BCUT2D eigenvalue weighted by atomic mass is 32.2. The Morgan fingerprint density at radius 2 is 1.86 bits per heavy atom. The number of ether oxygens (including phenoxy) is 1. The van der Waals surface area contributed by atoms with E-state index in [1.165, 1.54) is 11.3 Å². The molecule has 0 saturated heterocycles. The summed E-state index contributed by atoms with van der Waals surface area (Å²) in [5.41, 5.74) is 1.22. The summed E-state index contributed by atoms with van der Waals surface area (Å²) in [6.45, 7) is 9.59.